The fourth-order valence-electron chi connectivity index (χ4n) is 17.5. The number of aliphatic hydroxyl groups excluding tert-OH is 5. The highest BCUT2D eigenvalue weighted by atomic mass is 16.7. The van der Waals surface area contributed by atoms with E-state index in [-0.39, 0.29) is 128 Å². The molecule has 6 heterocycles. The van der Waals surface area contributed by atoms with Crippen LogP contribution in [-0.4, -0.2) is 277 Å². The number of ketones is 1. The molecule has 12 unspecified atom stereocenters. The minimum absolute atomic E-state index is 0.0183. The number of amides is 1. The number of aryl methyl sites for hydroxylation is 1. The second-order valence-corrected chi connectivity index (χ2v) is 30.3. The molecule has 2 bridgehead atoms. The highest BCUT2D eigenvalue weighted by Crippen LogP contribution is 2.67. The van der Waals surface area contributed by atoms with Crippen LogP contribution < -0.4 is 10.2 Å². The van der Waals surface area contributed by atoms with Gasteiger partial charge >= 0.3 is 30.0 Å². The maximum absolute atomic E-state index is 15.2. The summed E-state index contributed by atoms with van der Waals surface area (Å²) in [5.74, 6) is -3.28. The zero-order valence-corrected chi connectivity index (χ0v) is 67.0. The van der Waals surface area contributed by atoms with Gasteiger partial charge < -0.3 is 98.7 Å². The van der Waals surface area contributed by atoms with Crippen LogP contribution in [0.15, 0.2) is 48.6 Å². The normalized spacial score (nSPS) is 26.7. The van der Waals surface area contributed by atoms with Gasteiger partial charge in [-0.3, -0.25) is 33.8 Å². The van der Waals surface area contributed by atoms with E-state index in [1.807, 2.05) is 27.8 Å². The van der Waals surface area contributed by atoms with E-state index in [1.165, 1.54) is 50.5 Å². The van der Waals surface area contributed by atoms with Crippen LogP contribution >= 0.6 is 0 Å². The lowest BCUT2D eigenvalue weighted by Crippen LogP contribution is -2.80. The minimum Gasteiger partial charge on any atom is -0.481 e. The van der Waals surface area contributed by atoms with Gasteiger partial charge in [0, 0.05) is 131 Å². The van der Waals surface area contributed by atoms with E-state index in [9.17, 15) is 44.4 Å². The standard InChI is InChI=1S/C61H87N5O12.C12H22O7.C7H16O4.CO2/c1-9-41(35-67)78-51(75-8)36-77-50(70)22-16-21-49(69)62-39(5)53(71)76-29-15-14-20-48(68)61(74)55-60(25-28-66-26-17-24-59(11-3,54(60)66)56(61)72)45-31-44(38(4)30-47(45)64(55)7)57(6)32-40-33-58(73,10-2)37-65(34-40)27-23-43-42-18-12-13-19-46(42)63-52(43)57;1-3-9(7-13)19-12(17-2)8-18-11(16)6-4-5-10(14)15;1-3-6(4-8)11-7(5-9)10-2;2-1-3/h12-13,17-19,24,30-31,39-41,51,54-56,63,67,72-74H,9-11,14-16,20-23,25-29,32-37H2,1-8H3,(H,62,69);9,12-13H,3-8H2,1-2H3,(H,14,15);6-9H,3-5H2,1-2H3;/t39?,40?,41?,51?,54?,55?,56-,57-,58?,59-,60-,61+;;;/m1.../s1. The Morgan fingerprint density at radius 2 is 1.30 bits per heavy atom. The molecule has 1 saturated carbocycles. The lowest BCUT2D eigenvalue weighted by atomic mass is 9.47. The summed E-state index contributed by atoms with van der Waals surface area (Å²) < 4.78 is 46.6. The number of carboxylic acids is 1. The monoisotopic (exact) mass is 1570 g/mol. The molecule has 6 aliphatic rings. The number of ether oxygens (including phenoxy) is 9. The molecule has 1 aromatic heterocycles. The van der Waals surface area contributed by atoms with Crippen LogP contribution in [0, 0.1) is 18.3 Å². The summed E-state index contributed by atoms with van der Waals surface area (Å²) >= 11 is 0. The van der Waals surface area contributed by atoms with Crippen LogP contribution in [0.25, 0.3) is 10.9 Å². The van der Waals surface area contributed by atoms with Gasteiger partial charge in [-0.15, -0.1) is 0 Å². The van der Waals surface area contributed by atoms with Crippen LogP contribution in [0.5, 0.6) is 0 Å². The molecular weight excluding hydrogens is 1440 g/mol. The van der Waals surface area contributed by atoms with Crippen LogP contribution in [0.1, 0.15) is 186 Å². The number of carbonyl (C=O) groups excluding carboxylic acids is 7. The molecule has 3 aromatic rings. The number of hydrogen-bond acceptors (Lipinski definition) is 27. The first-order valence-corrected chi connectivity index (χ1v) is 39.2. The Morgan fingerprint density at radius 1 is 0.712 bits per heavy atom. The van der Waals surface area contributed by atoms with Gasteiger partial charge in [-0.2, -0.15) is 9.59 Å². The number of fused-ring (bicyclic) bond motifs is 6. The third-order valence-corrected chi connectivity index (χ3v) is 23.2. The summed E-state index contributed by atoms with van der Waals surface area (Å²) in [6, 6.07) is 11.4. The lowest BCUT2D eigenvalue weighted by molar-refractivity contribution is -0.202. The summed E-state index contributed by atoms with van der Waals surface area (Å²) in [4.78, 5) is 102. The number of nitrogens with one attached hydrogen (secondary N) is 2. The molecule has 1 amide bonds. The van der Waals surface area contributed by atoms with Gasteiger partial charge in [-0.25, -0.2) is 4.79 Å². The average Bonchev–Trinajstić information content (AvgIpc) is 1.49. The van der Waals surface area contributed by atoms with Gasteiger partial charge in [-0.1, -0.05) is 71.0 Å². The summed E-state index contributed by atoms with van der Waals surface area (Å²) in [7, 11) is 6.25. The number of esters is 3. The maximum atomic E-state index is 15.2. The molecule has 1 spiro atoms. The maximum Gasteiger partial charge on any atom is 0.373 e. The van der Waals surface area contributed by atoms with Gasteiger partial charge in [0.15, 0.2) is 30.3 Å². The lowest BCUT2D eigenvalue weighted by Gasteiger charge is -2.63. The highest BCUT2D eigenvalue weighted by molar-refractivity contribution is 5.92. The molecule has 111 heavy (non-hydrogen) atoms. The molecule has 2 saturated heterocycles. The van der Waals surface area contributed by atoms with Crippen LogP contribution in [0.3, 0.4) is 0 Å². The number of aromatic amines is 1. The van der Waals surface area contributed by atoms with E-state index in [0.29, 0.717) is 58.0 Å². The number of Topliss-reactive ketones (excluding diaryl/α,β-unsaturated/α-hetero) is 1. The number of unbranched alkanes of at least 4 members (excludes halogenated alkanes) is 1. The molecule has 624 valence electrons. The van der Waals surface area contributed by atoms with Gasteiger partial charge in [-0.05, 0) is 151 Å². The molecule has 17 atom stereocenters. The fraction of sp³-hybridized carbons (Fsp3) is 0.716. The number of carbonyl (C=O) groups is 6. The number of para-hydroxylation sites is 1. The summed E-state index contributed by atoms with van der Waals surface area (Å²) in [5, 5.41) is 86.5. The van der Waals surface area contributed by atoms with Crippen molar-refractivity contribution >= 4 is 58.3 Å². The van der Waals surface area contributed by atoms with Crippen molar-refractivity contribution in [1.82, 2.24) is 20.1 Å². The molecule has 9 rings (SSSR count). The second-order valence-electron chi connectivity index (χ2n) is 30.3. The number of anilines is 1. The average molecular weight is 1570 g/mol. The van der Waals surface area contributed by atoms with Gasteiger partial charge in [0.25, 0.3) is 0 Å². The van der Waals surface area contributed by atoms with Crippen molar-refractivity contribution in [3.63, 3.8) is 0 Å². The van der Waals surface area contributed by atoms with E-state index >= 15 is 4.79 Å². The Labute approximate surface area is 652 Å². The van der Waals surface area contributed by atoms with Gasteiger partial charge in [0.2, 0.25) is 5.91 Å². The number of nitrogens with zero attached hydrogens (tertiary/aromatic N) is 3. The SMILES string of the molecule is CCC(CO)OC(CO)OC.CCC(CO)OC(COC(=O)CCCC(=O)NC(C)C(=O)OCCCCC(=O)[C@]1(O)C2N(C)c3cc(C)c([C@@]4(C)CC5CN(CCc6c4[nH]c4ccccc64)CC(O)(CC)C5)cc3[C@@]23CCN2CC=C[C@](CC)(C23)[C@H]1O)OC.CCC(CO)OC(COC(=O)CCCC(=O)O)OC.O=C=O. The first-order valence-electron chi connectivity index (χ1n) is 39.2. The van der Waals surface area contributed by atoms with E-state index in [4.69, 9.17) is 72.6 Å². The number of aromatic nitrogens is 1. The molecule has 3 fully saturated rings. The van der Waals surface area contributed by atoms with Crippen molar-refractivity contribution in [2.45, 2.75) is 254 Å². The van der Waals surface area contributed by atoms with Crippen molar-refractivity contribution in [2.75, 3.05) is 112 Å². The Morgan fingerprint density at radius 3 is 1.85 bits per heavy atom. The Balaban J connectivity index is 0.000000484. The molecule has 5 aliphatic heterocycles. The first-order chi connectivity index (χ1) is 53.0. The molecule has 2 aromatic carbocycles. The number of benzene rings is 2. The van der Waals surface area contributed by atoms with Crippen molar-refractivity contribution < 1.29 is 122 Å². The number of likely N-dealkylation sites (N-methyl/N-ethyl adjacent to an activating group) is 1. The second kappa shape index (κ2) is 43.7. The molecule has 1 aliphatic carbocycles. The van der Waals surface area contributed by atoms with E-state index in [2.05, 4.69) is 101 Å². The van der Waals surface area contributed by atoms with Crippen molar-refractivity contribution in [2.24, 2.45) is 11.3 Å². The van der Waals surface area contributed by atoms with Crippen LogP contribution in [0.2, 0.25) is 0 Å². The quantitative estimate of drug-likeness (QED) is 0.0113. The molecule has 10 N–H and O–H groups in total. The summed E-state index contributed by atoms with van der Waals surface area (Å²) in [6.45, 7) is 18.9. The largest absolute Gasteiger partial charge is 0.481 e. The predicted molar refractivity (Wildman–Crippen MR) is 407 cm³/mol. The van der Waals surface area contributed by atoms with E-state index < -0.39 is 106 Å². The van der Waals surface area contributed by atoms with Crippen LogP contribution in [-0.2, 0) is 98.2 Å². The Kier molecular flexibility index (Phi) is 36.7. The molecule has 0 radical (unpaired) electrons. The number of aliphatic hydroxyl groups is 7. The molecule has 30 heteroatoms. The summed E-state index contributed by atoms with van der Waals surface area (Å²) in [5.41, 5.74) is 2.93. The number of carboxylic acid groups (broad SMARTS) is 1. The minimum atomic E-state index is -2.17. The van der Waals surface area contributed by atoms with Crippen molar-refractivity contribution in [3.8, 4) is 0 Å². The number of rotatable bonds is 39. The third kappa shape index (κ3) is 22.5. The number of hydrogen-bond donors (Lipinski definition) is 10. The smallest absolute Gasteiger partial charge is 0.373 e. The Hall–Kier alpha value is -6.68. The predicted octanol–water partition coefficient (Wildman–Crippen LogP) is 5.35. The van der Waals surface area contributed by atoms with Gasteiger partial charge in [0.1, 0.15) is 25.4 Å². The van der Waals surface area contributed by atoms with Crippen LogP contribution in [0.4, 0.5) is 5.69 Å². The number of piperidine rings is 1. The van der Waals surface area contributed by atoms with E-state index in [0.717, 1.165) is 61.2 Å². The zero-order chi connectivity index (χ0) is 82.0. The molecular formula is C81H125N5O25. The summed E-state index contributed by atoms with van der Waals surface area (Å²) in [6.07, 6.45) is 6.84. The Bertz CT molecular complexity index is 3530. The van der Waals surface area contributed by atoms with Crippen molar-refractivity contribution in [1.29, 1.82) is 0 Å². The topological polar surface area (TPSA) is 419 Å². The number of methoxy groups -OCH3 is 3. The van der Waals surface area contributed by atoms with E-state index in [1.54, 1.807) is 0 Å². The fourth-order valence-corrected chi connectivity index (χ4v) is 17.5. The highest BCUT2D eigenvalue weighted by Gasteiger charge is 2.78. The molecule has 30 nitrogen and oxygen atoms in total. The third-order valence-electron chi connectivity index (χ3n) is 23.2. The van der Waals surface area contributed by atoms with Gasteiger partial charge in [0.05, 0.1) is 63.0 Å². The zero-order valence-electron chi connectivity index (χ0n) is 67.0. The number of aliphatic carboxylic acids is 1. The first kappa shape index (κ1) is 93.2. The van der Waals surface area contributed by atoms with Crippen molar-refractivity contribution in [3.05, 3.63) is 76.5 Å². The number of H-pyrrole nitrogens is 1.